The van der Waals surface area contributed by atoms with Gasteiger partial charge < -0.3 is 24.1 Å². The molecule has 6 rings (SSSR count). The Bertz CT molecular complexity index is 2480. The van der Waals surface area contributed by atoms with Crippen LogP contribution in [0.25, 0.3) is 0 Å². The van der Waals surface area contributed by atoms with Crippen LogP contribution >= 0.6 is 11.6 Å². The summed E-state index contributed by atoms with van der Waals surface area (Å²) < 4.78 is 75.4. The maximum atomic E-state index is 13.1. The van der Waals surface area contributed by atoms with Gasteiger partial charge in [-0.15, -0.1) is 11.6 Å². The van der Waals surface area contributed by atoms with Gasteiger partial charge in [-0.3, -0.25) is 8.61 Å². The lowest BCUT2D eigenvalue weighted by atomic mass is 10.1. The molecule has 324 valence electrons. The number of aliphatic hydroxyl groups excluding tert-OH is 1. The molecule has 0 heterocycles. The zero-order chi connectivity index (χ0) is 44.9. The molecular formula is C46H45ClN2O11S2. The van der Waals surface area contributed by atoms with Crippen LogP contribution in [0.5, 0.6) is 11.5 Å². The number of ether oxygens (including phenoxy) is 4. The van der Waals surface area contributed by atoms with Crippen molar-refractivity contribution in [3.63, 3.8) is 0 Å². The fourth-order valence-corrected chi connectivity index (χ4v) is 8.36. The fraction of sp³-hybridized carbons (Fsp3) is 0.174. The number of anilines is 2. The van der Waals surface area contributed by atoms with E-state index in [-0.39, 0.29) is 39.1 Å². The largest absolute Gasteiger partial charge is 0.489 e. The lowest BCUT2D eigenvalue weighted by Crippen LogP contribution is -2.27. The average Bonchev–Trinajstić information content (AvgIpc) is 3.32. The maximum absolute atomic E-state index is 13.1. The van der Waals surface area contributed by atoms with Crippen molar-refractivity contribution in [3.05, 3.63) is 179 Å². The lowest BCUT2D eigenvalue weighted by molar-refractivity contribution is 0.0591. The summed E-state index contributed by atoms with van der Waals surface area (Å²) in [6, 6.07) is 40.6. The number of sulfonamides is 2. The monoisotopic (exact) mass is 900 g/mol. The zero-order valence-corrected chi connectivity index (χ0v) is 36.7. The van der Waals surface area contributed by atoms with Gasteiger partial charge in [0.25, 0.3) is 20.0 Å². The van der Waals surface area contributed by atoms with Gasteiger partial charge in [-0.1, -0.05) is 60.7 Å². The van der Waals surface area contributed by atoms with Crippen LogP contribution in [0.2, 0.25) is 0 Å². The van der Waals surface area contributed by atoms with E-state index >= 15 is 0 Å². The van der Waals surface area contributed by atoms with Crippen LogP contribution in [0.1, 0.15) is 43.0 Å². The molecule has 0 aliphatic rings. The number of hydrogen-bond acceptors (Lipinski definition) is 11. The molecule has 0 unspecified atom stereocenters. The number of carbonyl (C=O) groups excluding carboxylic acids is 2. The Kier molecular flexibility index (Phi) is 16.1. The van der Waals surface area contributed by atoms with Crippen LogP contribution < -0.4 is 18.1 Å². The Morgan fingerprint density at radius 3 is 1.26 bits per heavy atom. The lowest BCUT2D eigenvalue weighted by Gasteiger charge is -2.21. The summed E-state index contributed by atoms with van der Waals surface area (Å²) >= 11 is 5.91. The second kappa shape index (κ2) is 21.4. The number of methoxy groups -OCH3 is 2. The standard InChI is InChI=1S/C23H22ClNO5S.C23H23NO6S/c1-25(20-13-18(15-24)12-19(14-20)23(26)29-2)31(27,28)22-10-8-21(9-11-22)30-16-17-6-4-3-5-7-17;1-24(20-13-18(15-25)12-19(14-20)23(26)29-2)31(27,28)22-10-8-21(9-11-22)30-16-17-6-4-3-5-7-17/h3-14H,15-16H2,1-2H3;3-14,25H,15-16H2,1-2H3. The molecule has 0 saturated carbocycles. The number of hydrogen-bond donors (Lipinski definition) is 1. The van der Waals surface area contributed by atoms with Crippen LogP contribution in [-0.4, -0.2) is 62.2 Å². The molecule has 0 radical (unpaired) electrons. The van der Waals surface area contributed by atoms with E-state index in [1.165, 1.54) is 76.8 Å². The van der Waals surface area contributed by atoms with Gasteiger partial charge in [-0.2, -0.15) is 0 Å². The van der Waals surface area contributed by atoms with E-state index in [1.807, 2.05) is 60.7 Å². The molecule has 62 heavy (non-hydrogen) atoms. The van der Waals surface area contributed by atoms with Crippen molar-refractivity contribution in [1.29, 1.82) is 0 Å². The van der Waals surface area contributed by atoms with E-state index in [0.29, 0.717) is 41.5 Å². The molecule has 0 amide bonds. The summed E-state index contributed by atoms with van der Waals surface area (Å²) in [4.78, 5) is 24.0. The summed E-state index contributed by atoms with van der Waals surface area (Å²) in [6.45, 7) is 0.407. The van der Waals surface area contributed by atoms with Gasteiger partial charge in [0.05, 0.1) is 53.1 Å². The minimum Gasteiger partial charge on any atom is -0.489 e. The van der Waals surface area contributed by atoms with Crippen LogP contribution in [0.4, 0.5) is 11.4 Å². The molecule has 0 atom stereocenters. The van der Waals surface area contributed by atoms with E-state index in [0.717, 1.165) is 19.7 Å². The third-order valence-corrected chi connectivity index (χ3v) is 13.2. The molecule has 0 fully saturated rings. The molecule has 0 bridgehead atoms. The maximum Gasteiger partial charge on any atom is 0.337 e. The highest BCUT2D eigenvalue weighted by Crippen LogP contribution is 2.29. The topological polar surface area (TPSA) is 166 Å². The average molecular weight is 901 g/mol. The van der Waals surface area contributed by atoms with E-state index in [4.69, 9.17) is 30.5 Å². The van der Waals surface area contributed by atoms with E-state index in [9.17, 15) is 31.5 Å². The molecule has 6 aromatic rings. The first-order valence-corrected chi connectivity index (χ1v) is 22.2. The van der Waals surface area contributed by atoms with E-state index in [2.05, 4.69) is 0 Å². The summed E-state index contributed by atoms with van der Waals surface area (Å²) in [6.07, 6.45) is 0. The van der Waals surface area contributed by atoms with Gasteiger partial charge in [-0.25, -0.2) is 26.4 Å². The minimum absolute atomic E-state index is 0.0658. The number of carbonyl (C=O) groups is 2. The summed E-state index contributed by atoms with van der Waals surface area (Å²) in [7, 11) is -2.48. The number of alkyl halides is 1. The van der Waals surface area contributed by atoms with Crippen LogP contribution in [0, 0.1) is 0 Å². The fourth-order valence-electron chi connectivity index (χ4n) is 5.84. The van der Waals surface area contributed by atoms with Crippen molar-refractivity contribution in [2.45, 2.75) is 35.5 Å². The normalized spacial score (nSPS) is 11.1. The van der Waals surface area contributed by atoms with Crippen molar-refractivity contribution in [3.8, 4) is 11.5 Å². The smallest absolute Gasteiger partial charge is 0.337 e. The predicted molar refractivity (Wildman–Crippen MR) is 237 cm³/mol. The molecular weight excluding hydrogens is 856 g/mol. The van der Waals surface area contributed by atoms with Crippen molar-refractivity contribution >= 4 is 55.0 Å². The van der Waals surface area contributed by atoms with Gasteiger partial charge in [-0.05, 0) is 107 Å². The third kappa shape index (κ3) is 11.9. The zero-order valence-electron chi connectivity index (χ0n) is 34.3. The molecule has 0 spiro atoms. The number of benzene rings is 6. The van der Waals surface area contributed by atoms with Crippen molar-refractivity contribution in [1.82, 2.24) is 0 Å². The van der Waals surface area contributed by atoms with Gasteiger partial charge in [0, 0.05) is 20.0 Å². The number of aliphatic hydroxyl groups is 1. The van der Waals surface area contributed by atoms with Crippen LogP contribution in [-0.2, 0) is 55.2 Å². The van der Waals surface area contributed by atoms with E-state index in [1.54, 1.807) is 36.4 Å². The molecule has 0 aliphatic heterocycles. The Balaban J connectivity index is 0.000000234. The summed E-state index contributed by atoms with van der Waals surface area (Å²) in [5.41, 5.74) is 3.93. The van der Waals surface area contributed by atoms with Gasteiger partial charge in [0.1, 0.15) is 24.7 Å². The summed E-state index contributed by atoms with van der Waals surface area (Å²) in [5, 5.41) is 9.47. The number of nitrogens with zero attached hydrogens (tertiary/aromatic N) is 2. The summed E-state index contributed by atoms with van der Waals surface area (Å²) in [5.74, 6) is 0.0311. The van der Waals surface area contributed by atoms with Gasteiger partial charge >= 0.3 is 11.9 Å². The number of esters is 2. The number of rotatable bonds is 16. The Morgan fingerprint density at radius 1 is 0.532 bits per heavy atom. The SMILES string of the molecule is COC(=O)c1cc(CCl)cc(N(C)S(=O)(=O)c2ccc(OCc3ccccc3)cc2)c1.COC(=O)c1cc(CO)cc(N(C)S(=O)(=O)c2ccc(OCc3ccccc3)cc2)c1. The van der Waals surface area contributed by atoms with Crippen molar-refractivity contribution < 1.29 is 50.5 Å². The molecule has 1 N–H and O–H groups in total. The van der Waals surface area contributed by atoms with Gasteiger partial charge in [0.15, 0.2) is 0 Å². The number of halogens is 1. The Labute approximate surface area is 366 Å². The highest BCUT2D eigenvalue weighted by molar-refractivity contribution is 7.93. The predicted octanol–water partition coefficient (Wildman–Crippen LogP) is 7.99. The highest BCUT2D eigenvalue weighted by Gasteiger charge is 2.25. The molecule has 0 aliphatic carbocycles. The Morgan fingerprint density at radius 2 is 0.903 bits per heavy atom. The first-order chi connectivity index (χ1) is 29.7. The molecule has 13 nitrogen and oxygen atoms in total. The van der Waals surface area contributed by atoms with Gasteiger partial charge in [0.2, 0.25) is 0 Å². The first-order valence-electron chi connectivity index (χ1n) is 18.8. The molecule has 16 heteroatoms. The first kappa shape index (κ1) is 46.7. The highest BCUT2D eigenvalue weighted by atomic mass is 35.5. The van der Waals surface area contributed by atoms with Crippen LogP contribution in [0.15, 0.2) is 155 Å². The molecule has 6 aromatic carbocycles. The van der Waals surface area contributed by atoms with Crippen LogP contribution in [0.3, 0.4) is 0 Å². The van der Waals surface area contributed by atoms with Crippen molar-refractivity contribution in [2.75, 3.05) is 36.9 Å². The Hall–Kier alpha value is -6.39. The molecule has 0 saturated heterocycles. The second-order valence-electron chi connectivity index (χ2n) is 13.5. The van der Waals surface area contributed by atoms with E-state index < -0.39 is 32.0 Å². The third-order valence-electron chi connectivity index (χ3n) is 9.32. The second-order valence-corrected chi connectivity index (χ2v) is 17.7. The minimum atomic E-state index is -3.91. The van der Waals surface area contributed by atoms with Crippen molar-refractivity contribution in [2.24, 2.45) is 0 Å². The quantitative estimate of drug-likeness (QED) is 0.0739. The molecule has 0 aromatic heterocycles.